The minimum absolute atomic E-state index is 0.0285. The summed E-state index contributed by atoms with van der Waals surface area (Å²) in [6.45, 7) is 0. The highest BCUT2D eigenvalue weighted by Crippen LogP contribution is 2.41. The third-order valence-corrected chi connectivity index (χ3v) is 8.03. The smallest absolute Gasteiger partial charge is 0.352 e. The van der Waals surface area contributed by atoms with E-state index in [1.54, 1.807) is 30.3 Å². The number of carboxylic acids is 1. The van der Waals surface area contributed by atoms with Crippen LogP contribution in [0, 0.1) is 0 Å². The number of fused-ring (bicyclic) bond motifs is 1. The number of tetrazole rings is 1. The number of carboxylic acid groups (broad SMARTS) is 1. The second-order valence-electron chi connectivity index (χ2n) is 7.43. The van der Waals surface area contributed by atoms with Crippen LogP contribution in [0.15, 0.2) is 46.8 Å². The van der Waals surface area contributed by atoms with Gasteiger partial charge in [0.1, 0.15) is 17.1 Å². The van der Waals surface area contributed by atoms with Gasteiger partial charge in [-0.05, 0) is 21.6 Å². The molecule has 3 atom stereocenters. The number of hydrogen-bond donors (Lipinski definition) is 4. The lowest BCUT2D eigenvalue weighted by atomic mass is 10.0. The Morgan fingerprint density at radius 3 is 2.66 bits per heavy atom. The van der Waals surface area contributed by atoms with Gasteiger partial charge in [0.2, 0.25) is 5.16 Å². The number of β-lactam (4-membered cyclic amide) rings is 1. The molecule has 4 N–H and O–H groups in total. The number of carbonyl (C=O) groups is 3. The van der Waals surface area contributed by atoms with E-state index in [-0.39, 0.29) is 22.4 Å². The monoisotopic (exact) mass is 542 g/mol. The molecule has 17 heteroatoms. The number of amides is 2. The SMILES string of the molecule is O=C(O)C1=C(CSc2nnnn2CS(=O)(=O)O)CS[C@@H]2[C@@H](NC(=O)[C@H](O)c3ccccc3)C(=O)N12. The van der Waals surface area contributed by atoms with Crippen LogP contribution in [0.3, 0.4) is 0 Å². The number of benzene rings is 1. The maximum absolute atomic E-state index is 12.8. The maximum Gasteiger partial charge on any atom is 0.352 e. The normalized spacial score (nSPS) is 20.7. The van der Waals surface area contributed by atoms with Crippen molar-refractivity contribution in [2.75, 3.05) is 11.5 Å². The second kappa shape index (κ2) is 9.94. The van der Waals surface area contributed by atoms with Gasteiger partial charge in [-0.1, -0.05) is 42.1 Å². The molecule has 0 aliphatic carbocycles. The van der Waals surface area contributed by atoms with Crippen LogP contribution in [0.25, 0.3) is 0 Å². The maximum atomic E-state index is 12.8. The third-order valence-electron chi connectivity index (χ3n) is 5.07. The van der Waals surface area contributed by atoms with Gasteiger partial charge in [0.15, 0.2) is 12.0 Å². The predicted octanol–water partition coefficient (Wildman–Crippen LogP) is -0.917. The van der Waals surface area contributed by atoms with Crippen molar-refractivity contribution >= 4 is 51.4 Å². The molecule has 14 nitrogen and oxygen atoms in total. The molecule has 35 heavy (non-hydrogen) atoms. The van der Waals surface area contributed by atoms with E-state index in [0.717, 1.165) is 21.3 Å². The molecule has 186 valence electrons. The van der Waals surface area contributed by atoms with Gasteiger partial charge in [-0.25, -0.2) is 9.48 Å². The number of nitrogens with zero attached hydrogens (tertiary/aromatic N) is 5. The number of thioether (sulfide) groups is 2. The van der Waals surface area contributed by atoms with Crippen LogP contribution in [0.2, 0.25) is 0 Å². The molecule has 0 saturated carbocycles. The average Bonchev–Trinajstić information content (AvgIpc) is 3.25. The van der Waals surface area contributed by atoms with Gasteiger partial charge < -0.3 is 15.5 Å². The second-order valence-corrected chi connectivity index (χ2v) is 10.9. The van der Waals surface area contributed by atoms with Gasteiger partial charge in [0.25, 0.3) is 21.9 Å². The van der Waals surface area contributed by atoms with Crippen LogP contribution in [0.5, 0.6) is 0 Å². The molecule has 2 amide bonds. The largest absolute Gasteiger partial charge is 0.477 e. The standard InChI is InChI=1S/C18H18N6O8S3/c25-13(9-4-2-1-3-5-9)14(26)19-11-15(27)24-12(17(28)29)10(6-33-16(11)24)7-34-18-20-21-22-23(18)8-35(30,31)32/h1-5,11,13,16,25H,6-8H2,(H,19,26)(H,28,29)(H,30,31,32)/t11-,13+,16+/m0/s1. The van der Waals surface area contributed by atoms with Crippen molar-refractivity contribution in [1.82, 2.24) is 30.4 Å². The van der Waals surface area contributed by atoms with Crippen LogP contribution < -0.4 is 5.32 Å². The first-order chi connectivity index (χ1) is 16.6. The van der Waals surface area contributed by atoms with Crippen molar-refractivity contribution in [3.8, 4) is 0 Å². The summed E-state index contributed by atoms with van der Waals surface area (Å²) in [5, 5.41) is 32.4. The van der Waals surface area contributed by atoms with Crippen LogP contribution in [0.4, 0.5) is 0 Å². The zero-order chi connectivity index (χ0) is 25.3. The van der Waals surface area contributed by atoms with Gasteiger partial charge in [0, 0.05) is 11.5 Å². The van der Waals surface area contributed by atoms with Crippen molar-refractivity contribution < 1.29 is 37.6 Å². The molecule has 0 bridgehead atoms. The molecule has 3 heterocycles. The van der Waals surface area contributed by atoms with Crippen molar-refractivity contribution in [3.63, 3.8) is 0 Å². The Bertz CT molecular complexity index is 1300. The number of aliphatic hydroxyl groups is 1. The van der Waals surface area contributed by atoms with E-state index in [1.165, 1.54) is 11.8 Å². The van der Waals surface area contributed by atoms with E-state index in [1.807, 2.05) is 0 Å². The Hall–Kier alpha value is -2.99. The van der Waals surface area contributed by atoms with E-state index in [0.29, 0.717) is 11.1 Å². The topological polar surface area (TPSA) is 205 Å². The summed E-state index contributed by atoms with van der Waals surface area (Å²) in [5.41, 5.74) is 0.480. The number of nitrogens with one attached hydrogen (secondary N) is 1. The Kier molecular flexibility index (Phi) is 7.13. The molecule has 2 aliphatic rings. The van der Waals surface area contributed by atoms with Gasteiger partial charge in [-0.2, -0.15) is 8.42 Å². The summed E-state index contributed by atoms with van der Waals surface area (Å²) in [6.07, 6.45) is -1.48. The number of carbonyl (C=O) groups excluding carboxylic acids is 2. The Labute approximate surface area is 206 Å². The van der Waals surface area contributed by atoms with E-state index >= 15 is 0 Å². The molecule has 0 unspecified atom stereocenters. The quantitative estimate of drug-likeness (QED) is 0.172. The Balaban J connectivity index is 1.46. The number of aliphatic carboxylic acids is 1. The van der Waals surface area contributed by atoms with Crippen molar-refractivity contribution in [1.29, 1.82) is 0 Å². The first kappa shape index (κ1) is 25.1. The summed E-state index contributed by atoms with van der Waals surface area (Å²) in [5.74, 6) is -3.39. The van der Waals surface area contributed by atoms with E-state index < -0.39 is 51.3 Å². The first-order valence-electron chi connectivity index (χ1n) is 9.84. The lowest BCUT2D eigenvalue weighted by molar-refractivity contribution is -0.151. The third kappa shape index (κ3) is 5.32. The minimum atomic E-state index is -4.40. The molecule has 2 aliphatic heterocycles. The van der Waals surface area contributed by atoms with Crippen LogP contribution >= 0.6 is 23.5 Å². The number of aromatic nitrogens is 4. The van der Waals surface area contributed by atoms with Crippen LogP contribution in [-0.4, -0.2) is 89.0 Å². The summed E-state index contributed by atoms with van der Waals surface area (Å²) in [7, 11) is -4.40. The summed E-state index contributed by atoms with van der Waals surface area (Å²) in [6, 6.07) is 7.17. The molecule has 2 aromatic rings. The predicted molar refractivity (Wildman–Crippen MR) is 121 cm³/mol. The highest BCUT2D eigenvalue weighted by molar-refractivity contribution is 8.01. The van der Waals surface area contributed by atoms with Crippen LogP contribution in [0.1, 0.15) is 11.7 Å². The molecular formula is C18H18N6O8S3. The van der Waals surface area contributed by atoms with E-state index in [4.69, 9.17) is 4.55 Å². The summed E-state index contributed by atoms with van der Waals surface area (Å²) < 4.78 is 32.0. The molecule has 0 radical (unpaired) electrons. The fourth-order valence-corrected chi connectivity index (χ4v) is 6.43. The zero-order valence-electron chi connectivity index (χ0n) is 17.6. The zero-order valence-corrected chi connectivity index (χ0v) is 20.0. The number of hydrogen-bond acceptors (Lipinski definition) is 11. The fraction of sp³-hybridized carbons (Fsp3) is 0.333. The highest BCUT2D eigenvalue weighted by atomic mass is 32.2. The number of aliphatic hydroxyl groups excluding tert-OH is 1. The van der Waals surface area contributed by atoms with Gasteiger partial charge in [0.05, 0.1) is 0 Å². The molecule has 4 rings (SSSR count). The highest BCUT2D eigenvalue weighted by Gasteiger charge is 2.54. The molecule has 1 aromatic carbocycles. The minimum Gasteiger partial charge on any atom is -0.477 e. The van der Waals surface area contributed by atoms with E-state index in [9.17, 15) is 33.0 Å². The molecule has 1 saturated heterocycles. The lowest BCUT2D eigenvalue weighted by Crippen LogP contribution is -2.70. The van der Waals surface area contributed by atoms with Gasteiger partial charge in [-0.3, -0.25) is 19.0 Å². The van der Waals surface area contributed by atoms with E-state index in [2.05, 4.69) is 20.8 Å². The first-order valence-corrected chi connectivity index (χ1v) is 13.5. The van der Waals surface area contributed by atoms with Gasteiger partial charge >= 0.3 is 5.97 Å². The summed E-state index contributed by atoms with van der Waals surface area (Å²) in [4.78, 5) is 38.3. The lowest BCUT2D eigenvalue weighted by Gasteiger charge is -2.49. The molecule has 0 spiro atoms. The van der Waals surface area contributed by atoms with Gasteiger partial charge in [-0.15, -0.1) is 16.9 Å². The average molecular weight is 543 g/mol. The Morgan fingerprint density at radius 2 is 2.00 bits per heavy atom. The fourth-order valence-electron chi connectivity index (χ4n) is 3.50. The summed E-state index contributed by atoms with van der Waals surface area (Å²) >= 11 is 2.17. The van der Waals surface area contributed by atoms with Crippen molar-refractivity contribution in [2.24, 2.45) is 0 Å². The molecule has 1 aromatic heterocycles. The van der Waals surface area contributed by atoms with Crippen molar-refractivity contribution in [2.45, 2.75) is 28.6 Å². The molecular weight excluding hydrogens is 524 g/mol. The number of rotatable bonds is 9. The molecule has 1 fully saturated rings. The van der Waals surface area contributed by atoms with Crippen molar-refractivity contribution in [3.05, 3.63) is 47.2 Å². The Morgan fingerprint density at radius 1 is 1.29 bits per heavy atom. The van der Waals surface area contributed by atoms with Crippen LogP contribution in [-0.2, 0) is 30.4 Å².